The molecule has 0 amide bonds. The zero-order valence-corrected chi connectivity index (χ0v) is 42.2. The van der Waals surface area contributed by atoms with Crippen LogP contribution in [0.2, 0.25) is 67.5 Å². The molecule has 0 aliphatic carbocycles. The van der Waals surface area contributed by atoms with Crippen molar-refractivity contribution in [2.45, 2.75) is 248 Å². The van der Waals surface area contributed by atoms with Crippen LogP contribution in [0.15, 0.2) is 18.7 Å². The maximum Gasteiger partial charge on any atom is 0.243 e. The number of nitrogens with zero attached hydrogens (tertiary/aromatic N) is 2. The van der Waals surface area contributed by atoms with Crippen LogP contribution in [0.25, 0.3) is 0 Å². The molecule has 0 saturated carbocycles. The summed E-state index contributed by atoms with van der Waals surface area (Å²) in [5, 5.41) is 0.589. The fraction of sp³-hybridized carbons (Fsp3) is 0.933. The summed E-state index contributed by atoms with van der Waals surface area (Å²) in [6, 6.07) is 4.04. The zero-order chi connectivity index (χ0) is 40.2. The Kier molecular flexibility index (Phi) is 16.6. The first-order valence-electron chi connectivity index (χ1n) is 21.5. The minimum atomic E-state index is -1.72. The van der Waals surface area contributed by atoms with E-state index in [9.17, 15) is 0 Å². The van der Waals surface area contributed by atoms with Gasteiger partial charge in [0.15, 0.2) is 8.32 Å². The molecular weight excluding hydrogens is 669 g/mol. The molecule has 1 heterocycles. The van der Waals surface area contributed by atoms with Crippen molar-refractivity contribution in [2.24, 2.45) is 21.7 Å². The van der Waals surface area contributed by atoms with Crippen molar-refractivity contribution in [1.29, 1.82) is 0 Å². The van der Waals surface area contributed by atoms with Gasteiger partial charge in [0.05, 0.1) is 34.8 Å². The van der Waals surface area contributed by atoms with E-state index in [0.29, 0.717) is 5.04 Å². The quantitative estimate of drug-likeness (QED) is 0.0582. The summed E-state index contributed by atoms with van der Waals surface area (Å²) >= 11 is 0. The van der Waals surface area contributed by atoms with Gasteiger partial charge in [0.25, 0.3) is 0 Å². The largest absolute Gasteiger partial charge is 0.412 e. The van der Waals surface area contributed by atoms with Crippen LogP contribution < -0.4 is 4.57 Å². The molecule has 1 rings (SSSR count). The fourth-order valence-electron chi connectivity index (χ4n) is 9.37. The van der Waals surface area contributed by atoms with Crippen molar-refractivity contribution >= 4 is 24.5 Å². The normalized spacial score (nSPS) is 15.2. The standard InChI is InChI=1S/C45H95N2OSi3/c1-23-25-35-49(17,18)44(13,14)41(7,8)40(5,6)39(3,4)30-27-28-31-46-33-34-47(38-46)32-29-36-50(19,20)45(15,16)42(9,10)43(11,12)48-51(21,22)37-26-24-2/h33-34,38H,23-32,35-37H2,1-22H3/q+1. The van der Waals surface area contributed by atoms with E-state index in [1.54, 1.807) is 0 Å². The molecule has 0 aliphatic rings. The van der Waals surface area contributed by atoms with E-state index in [2.05, 4.69) is 178 Å². The third-order valence-electron chi connectivity index (χ3n) is 17.5. The van der Waals surface area contributed by atoms with E-state index in [-0.39, 0.29) is 32.3 Å². The molecule has 0 fully saturated rings. The van der Waals surface area contributed by atoms with Crippen molar-refractivity contribution in [3.05, 3.63) is 18.7 Å². The van der Waals surface area contributed by atoms with Crippen LogP contribution in [0, 0.1) is 21.7 Å². The number of hydrogen-bond donors (Lipinski definition) is 0. The van der Waals surface area contributed by atoms with E-state index in [1.807, 2.05) is 0 Å². The van der Waals surface area contributed by atoms with Crippen molar-refractivity contribution in [3.63, 3.8) is 0 Å². The van der Waals surface area contributed by atoms with Gasteiger partial charge in [-0.05, 0) is 90.4 Å². The molecule has 0 saturated heterocycles. The Morgan fingerprint density at radius 3 is 1.55 bits per heavy atom. The molecule has 0 unspecified atom stereocenters. The van der Waals surface area contributed by atoms with Gasteiger partial charge in [-0.15, -0.1) is 0 Å². The molecule has 1 aromatic heterocycles. The van der Waals surface area contributed by atoms with Gasteiger partial charge in [-0.25, -0.2) is 9.13 Å². The molecule has 1 aromatic rings. The van der Waals surface area contributed by atoms with E-state index >= 15 is 0 Å². The predicted molar refractivity (Wildman–Crippen MR) is 238 cm³/mol. The highest BCUT2D eigenvalue weighted by Crippen LogP contribution is 2.67. The second-order valence-electron chi connectivity index (χ2n) is 22.8. The Morgan fingerprint density at radius 1 is 0.569 bits per heavy atom. The highest BCUT2D eigenvalue weighted by Gasteiger charge is 2.59. The molecule has 0 atom stereocenters. The fourth-order valence-corrected chi connectivity index (χ4v) is 19.8. The zero-order valence-electron chi connectivity index (χ0n) is 39.2. The van der Waals surface area contributed by atoms with Gasteiger partial charge in [-0.1, -0.05) is 161 Å². The smallest absolute Gasteiger partial charge is 0.243 e. The summed E-state index contributed by atoms with van der Waals surface area (Å²) in [7, 11) is -4.75. The van der Waals surface area contributed by atoms with Crippen molar-refractivity contribution in [1.82, 2.24) is 4.57 Å². The van der Waals surface area contributed by atoms with Gasteiger partial charge in [-0.2, -0.15) is 0 Å². The summed E-state index contributed by atoms with van der Waals surface area (Å²) < 4.78 is 12.0. The second kappa shape index (κ2) is 17.3. The molecule has 0 bridgehead atoms. The van der Waals surface area contributed by atoms with Gasteiger partial charge in [0.2, 0.25) is 6.33 Å². The Balaban J connectivity index is 2.83. The topological polar surface area (TPSA) is 18.0 Å². The Labute approximate surface area is 325 Å². The van der Waals surface area contributed by atoms with Crippen LogP contribution >= 0.6 is 0 Å². The average Bonchev–Trinajstić information content (AvgIpc) is 3.43. The van der Waals surface area contributed by atoms with Crippen LogP contribution in [0.5, 0.6) is 0 Å². The van der Waals surface area contributed by atoms with E-state index in [0.717, 1.165) is 13.1 Å². The summed E-state index contributed by atoms with van der Waals surface area (Å²) in [6.07, 6.45) is 17.3. The lowest BCUT2D eigenvalue weighted by Gasteiger charge is -2.63. The molecule has 51 heavy (non-hydrogen) atoms. The number of hydrogen-bond acceptors (Lipinski definition) is 1. The van der Waals surface area contributed by atoms with Gasteiger partial charge in [-0.3, -0.25) is 0 Å². The Hall–Kier alpha value is -0.179. The summed E-state index contributed by atoms with van der Waals surface area (Å²) in [4.78, 5) is 0. The highest BCUT2D eigenvalue weighted by atomic mass is 28.4. The molecule has 302 valence electrons. The van der Waals surface area contributed by atoms with Crippen LogP contribution in [-0.4, -0.2) is 34.6 Å². The highest BCUT2D eigenvalue weighted by molar-refractivity contribution is 6.81. The lowest BCUT2D eigenvalue weighted by atomic mass is 9.50. The second-order valence-corrected chi connectivity index (χ2v) is 38.1. The third kappa shape index (κ3) is 10.8. The average molecular weight is 765 g/mol. The van der Waals surface area contributed by atoms with Gasteiger partial charge >= 0.3 is 0 Å². The Morgan fingerprint density at radius 2 is 1.04 bits per heavy atom. The van der Waals surface area contributed by atoms with E-state index < -0.39 is 24.5 Å². The molecule has 0 aliphatic heterocycles. The van der Waals surface area contributed by atoms with Crippen molar-refractivity contribution in [2.75, 3.05) is 0 Å². The van der Waals surface area contributed by atoms with Gasteiger partial charge < -0.3 is 4.43 Å². The predicted octanol–water partition coefficient (Wildman–Crippen LogP) is 15.0. The van der Waals surface area contributed by atoms with E-state index in [1.165, 1.54) is 69.5 Å². The number of unbranched alkanes of at least 4 members (excludes halogenated alkanes) is 3. The number of aryl methyl sites for hydroxylation is 2. The van der Waals surface area contributed by atoms with Crippen LogP contribution in [0.3, 0.4) is 0 Å². The minimum absolute atomic E-state index is 0.0748. The maximum atomic E-state index is 7.13. The first kappa shape index (κ1) is 48.8. The summed E-state index contributed by atoms with van der Waals surface area (Å²) in [5.74, 6) is 0. The third-order valence-corrected chi connectivity index (χ3v) is 31.4. The SMILES string of the molecule is CCCC[Si](C)(C)OC(C)(C)C(C)(C)C(C)(C)[Si](C)(C)CCC[n+]1ccn(CCCCC(C)(C)C(C)(C)C(C)(C)C(C)(C)[Si](C)(C)CCCC)c1. The molecule has 0 N–H and O–H groups in total. The first-order valence-corrected chi connectivity index (χ1v) is 31.0. The monoisotopic (exact) mass is 764 g/mol. The maximum absolute atomic E-state index is 7.13. The Bertz CT molecular complexity index is 1200. The molecule has 6 heteroatoms. The lowest BCUT2D eigenvalue weighted by Crippen LogP contribution is -2.59. The molecular formula is C45H95N2OSi3+. The van der Waals surface area contributed by atoms with Crippen LogP contribution in [-0.2, 0) is 17.5 Å². The molecule has 3 nitrogen and oxygen atoms in total. The van der Waals surface area contributed by atoms with Crippen LogP contribution in [0.4, 0.5) is 0 Å². The number of rotatable bonds is 24. The summed E-state index contributed by atoms with van der Waals surface area (Å²) in [5.41, 5.74) is 0.671. The molecule has 0 spiro atoms. The molecule has 0 radical (unpaired) electrons. The van der Waals surface area contributed by atoms with Crippen molar-refractivity contribution in [3.8, 4) is 0 Å². The lowest BCUT2D eigenvalue weighted by molar-refractivity contribution is -0.696. The first-order chi connectivity index (χ1) is 22.7. The van der Waals surface area contributed by atoms with E-state index in [4.69, 9.17) is 4.43 Å². The van der Waals surface area contributed by atoms with Crippen molar-refractivity contribution < 1.29 is 8.99 Å². The van der Waals surface area contributed by atoms with Gasteiger partial charge in [0.1, 0.15) is 12.4 Å². The molecule has 0 aromatic carbocycles. The minimum Gasteiger partial charge on any atom is -0.412 e. The number of imidazole rings is 1. The van der Waals surface area contributed by atoms with Gasteiger partial charge in [0, 0.05) is 0 Å². The van der Waals surface area contributed by atoms with Crippen LogP contribution in [0.1, 0.15) is 162 Å². The summed E-state index contributed by atoms with van der Waals surface area (Å²) in [6.45, 7) is 58.0. The number of aromatic nitrogens is 2.